The molecule has 0 amide bonds. The van der Waals surface area contributed by atoms with Gasteiger partial charge in [0.25, 0.3) is 0 Å². The van der Waals surface area contributed by atoms with Gasteiger partial charge in [-0.3, -0.25) is 0 Å². The maximum atomic E-state index is 12.4. The van der Waals surface area contributed by atoms with E-state index in [4.69, 9.17) is 5.73 Å². The highest BCUT2D eigenvalue weighted by atomic mass is 32.2. The highest BCUT2D eigenvalue weighted by molar-refractivity contribution is 7.89. The Bertz CT molecular complexity index is 665. The molecule has 0 aliphatic carbocycles. The maximum absolute atomic E-state index is 12.4. The van der Waals surface area contributed by atoms with Gasteiger partial charge in [0.2, 0.25) is 10.0 Å². The summed E-state index contributed by atoms with van der Waals surface area (Å²) in [6.07, 6.45) is 3.23. The second kappa shape index (κ2) is 5.02. The minimum absolute atomic E-state index is 0.118. The van der Waals surface area contributed by atoms with Gasteiger partial charge in [0, 0.05) is 19.4 Å². The van der Waals surface area contributed by atoms with Crippen molar-refractivity contribution < 1.29 is 8.42 Å². The van der Waals surface area contributed by atoms with Crippen molar-refractivity contribution in [3.8, 4) is 0 Å². The number of anilines is 1. The molecule has 0 saturated heterocycles. The van der Waals surface area contributed by atoms with E-state index in [1.54, 1.807) is 24.5 Å². The van der Waals surface area contributed by atoms with Gasteiger partial charge in [-0.15, -0.1) is 0 Å². The van der Waals surface area contributed by atoms with Crippen LogP contribution < -0.4 is 5.73 Å². The van der Waals surface area contributed by atoms with Gasteiger partial charge in [0.15, 0.2) is 0 Å². The minimum atomic E-state index is -3.61. The molecule has 0 bridgehead atoms. The van der Waals surface area contributed by atoms with E-state index in [1.165, 1.54) is 17.4 Å². The van der Waals surface area contributed by atoms with Crippen molar-refractivity contribution in [1.82, 2.24) is 14.3 Å². The zero-order valence-electron chi connectivity index (χ0n) is 10.8. The summed E-state index contributed by atoms with van der Waals surface area (Å²) >= 11 is 0. The van der Waals surface area contributed by atoms with Crippen LogP contribution in [0, 0.1) is 6.92 Å². The molecule has 1 aromatic carbocycles. The van der Waals surface area contributed by atoms with Gasteiger partial charge in [0.05, 0.1) is 12.2 Å². The van der Waals surface area contributed by atoms with Crippen molar-refractivity contribution in [3.05, 3.63) is 42.0 Å². The van der Waals surface area contributed by atoms with E-state index in [-0.39, 0.29) is 17.1 Å². The number of nitrogens with zero attached hydrogens (tertiary/aromatic N) is 2. The summed E-state index contributed by atoms with van der Waals surface area (Å²) in [5.74, 6) is 0.580. The second-order valence-corrected chi connectivity index (χ2v) is 6.35. The molecule has 0 unspecified atom stereocenters. The summed E-state index contributed by atoms with van der Waals surface area (Å²) in [5.41, 5.74) is 6.97. The molecule has 0 saturated carbocycles. The Labute approximate surface area is 112 Å². The van der Waals surface area contributed by atoms with Crippen LogP contribution in [0.5, 0.6) is 0 Å². The number of hydrogen-bond acceptors (Lipinski definition) is 4. The molecule has 3 N–H and O–H groups in total. The molecule has 0 aliphatic rings. The Hall–Kier alpha value is -1.86. The number of nitrogen functional groups attached to an aromatic ring is 1. The normalized spacial score (nSPS) is 11.9. The van der Waals surface area contributed by atoms with E-state index in [2.05, 4.69) is 9.97 Å². The molecule has 0 aliphatic heterocycles. The Kier molecular flexibility index (Phi) is 3.59. The molecule has 102 valence electrons. The number of sulfonamides is 1. The molecule has 6 nitrogen and oxygen atoms in total. The minimum Gasteiger partial charge on any atom is -0.398 e. The standard InChI is InChI=1S/C12H16N4O2S/c1-9-3-4-11(10(13)7-9)19(17,18)16(2)8-12-14-5-6-15-12/h3-7H,8,13H2,1-2H3,(H,14,15). The van der Waals surface area contributed by atoms with Crippen LogP contribution in [-0.4, -0.2) is 29.7 Å². The number of hydrogen-bond donors (Lipinski definition) is 2. The van der Waals surface area contributed by atoms with Crippen LogP contribution in [-0.2, 0) is 16.6 Å². The highest BCUT2D eigenvalue weighted by Gasteiger charge is 2.23. The van der Waals surface area contributed by atoms with Crippen molar-refractivity contribution >= 4 is 15.7 Å². The topological polar surface area (TPSA) is 92.1 Å². The molecule has 0 spiro atoms. The molecule has 19 heavy (non-hydrogen) atoms. The number of aromatic nitrogens is 2. The Morgan fingerprint density at radius 3 is 2.74 bits per heavy atom. The van der Waals surface area contributed by atoms with Crippen LogP contribution in [0.25, 0.3) is 0 Å². The number of H-pyrrole nitrogens is 1. The molecule has 2 rings (SSSR count). The molecular weight excluding hydrogens is 264 g/mol. The zero-order valence-corrected chi connectivity index (χ0v) is 11.6. The first-order valence-electron chi connectivity index (χ1n) is 5.72. The van der Waals surface area contributed by atoms with Crippen LogP contribution in [0.15, 0.2) is 35.5 Å². The SMILES string of the molecule is Cc1ccc(S(=O)(=O)N(C)Cc2ncc[nH]2)c(N)c1. The maximum Gasteiger partial charge on any atom is 0.245 e. The van der Waals surface area contributed by atoms with Crippen LogP contribution in [0.1, 0.15) is 11.4 Å². The van der Waals surface area contributed by atoms with E-state index >= 15 is 0 Å². The van der Waals surface area contributed by atoms with Crippen molar-refractivity contribution in [1.29, 1.82) is 0 Å². The fraction of sp³-hybridized carbons (Fsp3) is 0.250. The van der Waals surface area contributed by atoms with Gasteiger partial charge in [-0.1, -0.05) is 6.07 Å². The largest absolute Gasteiger partial charge is 0.398 e. The number of nitrogens with two attached hydrogens (primary N) is 1. The Balaban J connectivity index is 2.31. The third-order valence-corrected chi connectivity index (χ3v) is 4.66. The quantitative estimate of drug-likeness (QED) is 0.821. The molecular formula is C12H16N4O2S. The smallest absolute Gasteiger partial charge is 0.245 e. The van der Waals surface area contributed by atoms with Crippen molar-refractivity contribution in [2.45, 2.75) is 18.4 Å². The van der Waals surface area contributed by atoms with E-state index in [0.29, 0.717) is 5.82 Å². The number of benzene rings is 1. The lowest BCUT2D eigenvalue weighted by atomic mass is 10.2. The van der Waals surface area contributed by atoms with Gasteiger partial charge >= 0.3 is 0 Å². The lowest BCUT2D eigenvalue weighted by Crippen LogP contribution is -2.27. The average Bonchev–Trinajstić information content (AvgIpc) is 2.81. The van der Waals surface area contributed by atoms with Gasteiger partial charge in [-0.25, -0.2) is 13.4 Å². The lowest BCUT2D eigenvalue weighted by Gasteiger charge is -2.17. The first kappa shape index (κ1) is 13.6. The van der Waals surface area contributed by atoms with E-state index in [9.17, 15) is 8.42 Å². The van der Waals surface area contributed by atoms with Gasteiger partial charge < -0.3 is 10.7 Å². The van der Waals surface area contributed by atoms with E-state index < -0.39 is 10.0 Å². The summed E-state index contributed by atoms with van der Waals surface area (Å²) in [4.78, 5) is 6.99. The molecule has 1 aromatic heterocycles. The number of nitrogens with one attached hydrogen (secondary N) is 1. The predicted octanol–water partition coefficient (Wildman–Crippen LogP) is 1.12. The van der Waals surface area contributed by atoms with Crippen LogP contribution in [0.2, 0.25) is 0 Å². The molecule has 0 radical (unpaired) electrons. The first-order chi connectivity index (χ1) is 8.91. The van der Waals surface area contributed by atoms with Crippen molar-refractivity contribution in [2.75, 3.05) is 12.8 Å². The first-order valence-corrected chi connectivity index (χ1v) is 7.16. The van der Waals surface area contributed by atoms with Crippen LogP contribution in [0.4, 0.5) is 5.69 Å². The average molecular weight is 280 g/mol. The molecule has 2 aromatic rings. The summed E-state index contributed by atoms with van der Waals surface area (Å²) < 4.78 is 26.0. The number of rotatable bonds is 4. The Morgan fingerprint density at radius 1 is 1.42 bits per heavy atom. The lowest BCUT2D eigenvalue weighted by molar-refractivity contribution is 0.458. The van der Waals surface area contributed by atoms with Crippen molar-refractivity contribution in [2.24, 2.45) is 0 Å². The van der Waals surface area contributed by atoms with Crippen LogP contribution in [0.3, 0.4) is 0 Å². The summed E-state index contributed by atoms with van der Waals surface area (Å²) in [6, 6.07) is 4.90. The van der Waals surface area contributed by atoms with Gasteiger partial charge in [0.1, 0.15) is 10.7 Å². The monoisotopic (exact) mass is 280 g/mol. The predicted molar refractivity (Wildman–Crippen MR) is 72.8 cm³/mol. The molecule has 0 atom stereocenters. The molecule has 7 heteroatoms. The number of aromatic amines is 1. The zero-order chi connectivity index (χ0) is 14.0. The third kappa shape index (κ3) is 2.77. The highest BCUT2D eigenvalue weighted by Crippen LogP contribution is 2.23. The second-order valence-electron chi connectivity index (χ2n) is 4.34. The van der Waals surface area contributed by atoms with E-state index in [1.807, 2.05) is 6.92 Å². The van der Waals surface area contributed by atoms with E-state index in [0.717, 1.165) is 5.56 Å². The third-order valence-electron chi connectivity index (χ3n) is 2.78. The fourth-order valence-electron chi connectivity index (χ4n) is 1.75. The van der Waals surface area contributed by atoms with Crippen LogP contribution >= 0.6 is 0 Å². The summed E-state index contributed by atoms with van der Waals surface area (Å²) in [5, 5.41) is 0. The molecule has 0 fully saturated rings. The fourth-order valence-corrected chi connectivity index (χ4v) is 2.98. The number of aryl methyl sites for hydroxylation is 1. The van der Waals surface area contributed by atoms with Crippen molar-refractivity contribution in [3.63, 3.8) is 0 Å². The molecule has 1 heterocycles. The number of imidazole rings is 1. The summed E-state index contributed by atoms with van der Waals surface area (Å²) in [6.45, 7) is 2.03. The Morgan fingerprint density at radius 2 is 2.16 bits per heavy atom. The van der Waals surface area contributed by atoms with Gasteiger partial charge in [-0.2, -0.15) is 4.31 Å². The summed E-state index contributed by atoms with van der Waals surface area (Å²) in [7, 11) is -2.12. The van der Waals surface area contributed by atoms with Gasteiger partial charge in [-0.05, 0) is 24.6 Å².